The highest BCUT2D eigenvalue weighted by Crippen LogP contribution is 2.23. The standard InChI is InChI=1S/C19H22N4OS.HI/c1-2-20-19(21-11-10-17-9-6-12-24-17)22-13-16-14-25-18(23-16)15-7-4-3-5-8-15;/h3-9,12,14H,2,10-11,13H2,1H3,(H2,20,21,22);1H. The van der Waals surface area contributed by atoms with Crippen molar-refractivity contribution in [3.8, 4) is 10.6 Å². The van der Waals surface area contributed by atoms with Crippen molar-refractivity contribution in [2.75, 3.05) is 13.1 Å². The van der Waals surface area contributed by atoms with Gasteiger partial charge in [0.15, 0.2) is 5.96 Å². The fourth-order valence-corrected chi connectivity index (χ4v) is 3.17. The molecule has 0 unspecified atom stereocenters. The van der Waals surface area contributed by atoms with Crippen LogP contribution in [-0.4, -0.2) is 24.0 Å². The number of aliphatic imine (C=N–C) groups is 1. The first kappa shape index (κ1) is 20.4. The summed E-state index contributed by atoms with van der Waals surface area (Å²) in [5.41, 5.74) is 2.12. The van der Waals surface area contributed by atoms with Crippen molar-refractivity contribution >= 4 is 41.3 Å². The highest BCUT2D eigenvalue weighted by atomic mass is 127. The third-order valence-corrected chi connectivity index (χ3v) is 4.50. The molecule has 0 atom stereocenters. The molecule has 0 aliphatic rings. The highest BCUT2D eigenvalue weighted by molar-refractivity contribution is 14.0. The number of hydrogen-bond donors (Lipinski definition) is 2. The van der Waals surface area contributed by atoms with Crippen molar-refractivity contribution in [3.05, 3.63) is 65.6 Å². The van der Waals surface area contributed by atoms with Gasteiger partial charge in [0.05, 0.1) is 18.5 Å². The number of halogens is 1. The lowest BCUT2D eigenvalue weighted by Gasteiger charge is -2.10. The molecule has 0 aliphatic carbocycles. The second-order valence-electron chi connectivity index (χ2n) is 5.46. The van der Waals surface area contributed by atoms with Gasteiger partial charge in [-0.2, -0.15) is 0 Å². The third-order valence-electron chi connectivity index (χ3n) is 3.56. The lowest BCUT2D eigenvalue weighted by atomic mass is 10.2. The summed E-state index contributed by atoms with van der Waals surface area (Å²) < 4.78 is 5.34. The number of nitrogens with one attached hydrogen (secondary N) is 2. The number of rotatable bonds is 7. The Morgan fingerprint density at radius 1 is 1.15 bits per heavy atom. The van der Waals surface area contributed by atoms with E-state index in [-0.39, 0.29) is 24.0 Å². The molecule has 5 nitrogen and oxygen atoms in total. The minimum Gasteiger partial charge on any atom is -0.469 e. The molecule has 26 heavy (non-hydrogen) atoms. The number of hydrogen-bond acceptors (Lipinski definition) is 4. The van der Waals surface area contributed by atoms with Crippen LogP contribution in [0.2, 0.25) is 0 Å². The molecule has 0 radical (unpaired) electrons. The average Bonchev–Trinajstić information content (AvgIpc) is 3.32. The van der Waals surface area contributed by atoms with Crippen LogP contribution in [0.25, 0.3) is 10.6 Å². The zero-order valence-electron chi connectivity index (χ0n) is 14.6. The van der Waals surface area contributed by atoms with E-state index in [0.717, 1.165) is 47.5 Å². The van der Waals surface area contributed by atoms with E-state index in [4.69, 9.17) is 4.42 Å². The van der Waals surface area contributed by atoms with Crippen LogP contribution in [0.4, 0.5) is 0 Å². The molecule has 2 N–H and O–H groups in total. The van der Waals surface area contributed by atoms with Crippen molar-refractivity contribution in [1.29, 1.82) is 0 Å². The van der Waals surface area contributed by atoms with E-state index in [1.807, 2.05) is 30.3 Å². The topological polar surface area (TPSA) is 62.5 Å². The smallest absolute Gasteiger partial charge is 0.191 e. The van der Waals surface area contributed by atoms with Gasteiger partial charge in [0.2, 0.25) is 0 Å². The minimum atomic E-state index is 0. The van der Waals surface area contributed by atoms with Crippen LogP contribution in [0, 0.1) is 0 Å². The van der Waals surface area contributed by atoms with Crippen molar-refractivity contribution in [3.63, 3.8) is 0 Å². The Hall–Kier alpha value is -1.87. The molecular formula is C19H23IN4OS. The average molecular weight is 482 g/mol. The Balaban J connectivity index is 0.00000243. The van der Waals surface area contributed by atoms with Crippen LogP contribution in [-0.2, 0) is 13.0 Å². The Morgan fingerprint density at radius 2 is 2.00 bits per heavy atom. The van der Waals surface area contributed by atoms with E-state index in [1.165, 1.54) is 0 Å². The van der Waals surface area contributed by atoms with Crippen LogP contribution in [0.3, 0.4) is 0 Å². The van der Waals surface area contributed by atoms with Gasteiger partial charge in [-0.3, -0.25) is 0 Å². The monoisotopic (exact) mass is 482 g/mol. The third kappa shape index (κ3) is 6.14. The maximum absolute atomic E-state index is 5.34. The Bertz CT molecular complexity index is 787. The van der Waals surface area contributed by atoms with Gasteiger partial charge in [0, 0.05) is 30.5 Å². The maximum Gasteiger partial charge on any atom is 0.191 e. The number of benzene rings is 1. The van der Waals surface area contributed by atoms with Gasteiger partial charge in [-0.05, 0) is 19.1 Å². The molecule has 138 valence electrons. The van der Waals surface area contributed by atoms with Gasteiger partial charge in [-0.1, -0.05) is 30.3 Å². The van der Waals surface area contributed by atoms with Crippen LogP contribution in [0.1, 0.15) is 18.4 Å². The summed E-state index contributed by atoms with van der Waals surface area (Å²) in [5.74, 6) is 1.76. The normalized spacial score (nSPS) is 11.0. The molecule has 2 aromatic heterocycles. The zero-order chi connectivity index (χ0) is 17.3. The summed E-state index contributed by atoms with van der Waals surface area (Å²) in [6, 6.07) is 14.1. The molecule has 2 heterocycles. The number of thiazole rings is 1. The fraction of sp³-hybridized carbons (Fsp3) is 0.263. The molecule has 3 rings (SSSR count). The summed E-state index contributed by atoms with van der Waals surface area (Å²) in [4.78, 5) is 9.29. The first-order valence-corrected chi connectivity index (χ1v) is 9.27. The van der Waals surface area contributed by atoms with Crippen LogP contribution in [0.5, 0.6) is 0 Å². The molecule has 7 heteroatoms. The first-order valence-electron chi connectivity index (χ1n) is 8.39. The molecule has 0 saturated carbocycles. The molecule has 3 aromatic rings. The van der Waals surface area contributed by atoms with Gasteiger partial charge in [-0.25, -0.2) is 9.98 Å². The Labute approximate surface area is 175 Å². The van der Waals surface area contributed by atoms with E-state index in [0.29, 0.717) is 6.54 Å². The van der Waals surface area contributed by atoms with E-state index in [1.54, 1.807) is 17.6 Å². The van der Waals surface area contributed by atoms with Crippen LogP contribution in [0.15, 0.2) is 63.5 Å². The highest BCUT2D eigenvalue weighted by Gasteiger charge is 2.05. The fourth-order valence-electron chi connectivity index (χ4n) is 2.35. The Kier molecular flexibility index (Phi) is 8.63. The summed E-state index contributed by atoms with van der Waals surface area (Å²) in [6.07, 6.45) is 2.52. The lowest BCUT2D eigenvalue weighted by molar-refractivity contribution is 0.507. The maximum atomic E-state index is 5.34. The van der Waals surface area contributed by atoms with Crippen LogP contribution < -0.4 is 10.6 Å². The first-order chi connectivity index (χ1) is 12.3. The van der Waals surface area contributed by atoms with E-state index in [2.05, 4.69) is 45.0 Å². The van der Waals surface area contributed by atoms with Crippen molar-refractivity contribution in [2.45, 2.75) is 19.9 Å². The molecule has 0 spiro atoms. The van der Waals surface area contributed by atoms with E-state index in [9.17, 15) is 0 Å². The van der Waals surface area contributed by atoms with Crippen molar-refractivity contribution < 1.29 is 4.42 Å². The quantitative estimate of drug-likeness (QED) is 0.299. The lowest BCUT2D eigenvalue weighted by Crippen LogP contribution is -2.38. The predicted octanol–water partition coefficient (Wildman–Crippen LogP) is 4.32. The van der Waals surface area contributed by atoms with E-state index >= 15 is 0 Å². The largest absolute Gasteiger partial charge is 0.469 e. The second kappa shape index (κ2) is 11.0. The van der Waals surface area contributed by atoms with Gasteiger partial charge < -0.3 is 15.1 Å². The summed E-state index contributed by atoms with van der Waals surface area (Å²) in [7, 11) is 0. The number of nitrogens with zero attached hydrogens (tertiary/aromatic N) is 2. The Morgan fingerprint density at radius 3 is 2.73 bits per heavy atom. The zero-order valence-corrected chi connectivity index (χ0v) is 17.8. The number of guanidine groups is 1. The minimum absolute atomic E-state index is 0. The summed E-state index contributed by atoms with van der Waals surface area (Å²) in [6.45, 7) is 4.20. The molecule has 0 fully saturated rings. The molecule has 1 aromatic carbocycles. The predicted molar refractivity (Wildman–Crippen MR) is 118 cm³/mol. The molecule has 0 bridgehead atoms. The molecule has 0 saturated heterocycles. The van der Waals surface area contributed by atoms with Gasteiger partial charge >= 0.3 is 0 Å². The van der Waals surface area contributed by atoms with Crippen LogP contribution >= 0.6 is 35.3 Å². The molecule has 0 aliphatic heterocycles. The molecule has 0 amide bonds. The van der Waals surface area contributed by atoms with Gasteiger partial charge in [0.1, 0.15) is 10.8 Å². The van der Waals surface area contributed by atoms with E-state index < -0.39 is 0 Å². The van der Waals surface area contributed by atoms with Gasteiger partial charge in [0.25, 0.3) is 0 Å². The van der Waals surface area contributed by atoms with Crippen molar-refractivity contribution in [2.24, 2.45) is 4.99 Å². The number of aromatic nitrogens is 1. The second-order valence-corrected chi connectivity index (χ2v) is 6.32. The van der Waals surface area contributed by atoms with Gasteiger partial charge in [-0.15, -0.1) is 35.3 Å². The van der Waals surface area contributed by atoms with Crippen molar-refractivity contribution in [1.82, 2.24) is 15.6 Å². The summed E-state index contributed by atoms with van der Waals surface area (Å²) in [5, 5.41) is 9.67. The molecular weight excluding hydrogens is 459 g/mol. The number of furan rings is 1. The summed E-state index contributed by atoms with van der Waals surface area (Å²) >= 11 is 1.65. The SMILES string of the molecule is CCNC(=NCc1csc(-c2ccccc2)n1)NCCc1ccco1.I.